The van der Waals surface area contributed by atoms with Crippen LogP contribution in [0.25, 0.3) is 0 Å². The predicted octanol–water partition coefficient (Wildman–Crippen LogP) is 2.39. The lowest BCUT2D eigenvalue weighted by Gasteiger charge is -2.16. The molecule has 1 fully saturated rings. The van der Waals surface area contributed by atoms with Crippen molar-refractivity contribution in [2.45, 2.75) is 44.0 Å². The second kappa shape index (κ2) is 8.28. The number of aromatic nitrogens is 1. The molecule has 1 aromatic heterocycles. The maximum absolute atomic E-state index is 12.7. The van der Waals surface area contributed by atoms with Crippen LogP contribution in [0.1, 0.15) is 38.2 Å². The Morgan fingerprint density at radius 2 is 1.75 bits per heavy atom. The minimum absolute atomic E-state index is 0.256. The highest BCUT2D eigenvalue weighted by molar-refractivity contribution is 7.89. The Morgan fingerprint density at radius 3 is 2.36 bits per heavy atom. The first-order valence-electron chi connectivity index (χ1n) is 9.38. The number of nitrogens with one attached hydrogen (secondary N) is 1. The zero-order chi connectivity index (χ0) is 20.3. The Kier molecular flexibility index (Phi) is 6.00. The zero-order valence-corrected chi connectivity index (χ0v) is 16.9. The lowest BCUT2D eigenvalue weighted by Crippen LogP contribution is -2.36. The maximum atomic E-state index is 12.7. The third-order valence-electron chi connectivity index (χ3n) is 4.84. The molecule has 0 radical (unpaired) electrons. The molecule has 7 nitrogen and oxygen atoms in total. The molecule has 0 bridgehead atoms. The number of carbonyl (C=O) groups is 1. The summed E-state index contributed by atoms with van der Waals surface area (Å²) in [4.78, 5) is 24.7. The van der Waals surface area contributed by atoms with Crippen molar-refractivity contribution in [2.75, 3.05) is 18.4 Å². The molecule has 1 amide bonds. The summed E-state index contributed by atoms with van der Waals surface area (Å²) in [6, 6.07) is 10.3. The van der Waals surface area contributed by atoms with Crippen LogP contribution >= 0.6 is 0 Å². The van der Waals surface area contributed by atoms with E-state index in [1.165, 1.54) is 22.6 Å². The number of carbonyl (C=O) groups excluding carboxylic acids is 1. The van der Waals surface area contributed by atoms with Gasteiger partial charge in [-0.25, -0.2) is 8.42 Å². The number of benzene rings is 1. The summed E-state index contributed by atoms with van der Waals surface area (Å²) in [5.41, 5.74) is 1.11. The molecular weight excluding hydrogens is 378 g/mol. The van der Waals surface area contributed by atoms with Crippen LogP contribution in [0.3, 0.4) is 0 Å². The molecule has 0 aliphatic carbocycles. The smallest absolute Gasteiger partial charge is 0.271 e. The quantitative estimate of drug-likeness (QED) is 0.802. The predicted molar refractivity (Wildman–Crippen MR) is 108 cm³/mol. The molecule has 2 aromatic rings. The molecule has 1 aromatic carbocycles. The van der Waals surface area contributed by atoms with E-state index in [-0.39, 0.29) is 11.4 Å². The highest BCUT2D eigenvalue weighted by Gasteiger charge is 2.30. The lowest BCUT2D eigenvalue weighted by atomic mass is 10.0. The fraction of sp³-hybridized carbons (Fsp3) is 0.400. The van der Waals surface area contributed by atoms with Crippen molar-refractivity contribution < 1.29 is 13.2 Å². The Bertz CT molecular complexity index is 1000. The van der Waals surface area contributed by atoms with E-state index in [1.807, 2.05) is 24.3 Å². The van der Waals surface area contributed by atoms with Crippen LogP contribution in [0.2, 0.25) is 0 Å². The Balaban J connectivity index is 1.75. The number of hydrogen-bond acceptors (Lipinski definition) is 4. The Morgan fingerprint density at radius 1 is 1.11 bits per heavy atom. The number of amides is 1. The van der Waals surface area contributed by atoms with E-state index in [2.05, 4.69) is 19.2 Å². The fourth-order valence-electron chi connectivity index (χ4n) is 3.21. The molecule has 1 aliphatic heterocycles. The van der Waals surface area contributed by atoms with Gasteiger partial charge in [-0.3, -0.25) is 9.59 Å². The largest absolute Gasteiger partial charge is 0.325 e. The minimum atomic E-state index is -3.83. The Labute approximate surface area is 165 Å². The van der Waals surface area contributed by atoms with Crippen LogP contribution in [0.4, 0.5) is 5.69 Å². The topological polar surface area (TPSA) is 88.5 Å². The van der Waals surface area contributed by atoms with Crippen molar-refractivity contribution in [3.63, 3.8) is 0 Å². The van der Waals surface area contributed by atoms with E-state index in [4.69, 9.17) is 0 Å². The van der Waals surface area contributed by atoms with Crippen LogP contribution in [-0.4, -0.2) is 36.3 Å². The molecule has 2 heterocycles. The van der Waals surface area contributed by atoms with E-state index >= 15 is 0 Å². The second-order valence-electron chi connectivity index (χ2n) is 7.24. The summed E-state index contributed by atoms with van der Waals surface area (Å²) < 4.78 is 27.8. The van der Waals surface area contributed by atoms with Crippen molar-refractivity contribution in [3.8, 4) is 0 Å². The fourth-order valence-corrected chi connectivity index (χ4v) is 4.82. The number of rotatable bonds is 6. The highest BCUT2D eigenvalue weighted by atomic mass is 32.2. The summed E-state index contributed by atoms with van der Waals surface area (Å²) in [5.74, 6) is -0.00116. The van der Waals surface area contributed by atoms with Crippen LogP contribution in [0.15, 0.2) is 52.3 Å². The molecular formula is C20H25N3O4S. The molecule has 1 saturated heterocycles. The summed E-state index contributed by atoms with van der Waals surface area (Å²) >= 11 is 0. The van der Waals surface area contributed by atoms with Crippen molar-refractivity contribution in [2.24, 2.45) is 0 Å². The van der Waals surface area contributed by atoms with E-state index < -0.39 is 21.5 Å². The normalized spacial score (nSPS) is 15.1. The van der Waals surface area contributed by atoms with Gasteiger partial charge in [-0.2, -0.15) is 4.31 Å². The third kappa shape index (κ3) is 4.34. The van der Waals surface area contributed by atoms with E-state index in [9.17, 15) is 18.0 Å². The average Bonchev–Trinajstić information content (AvgIpc) is 3.19. The van der Waals surface area contributed by atoms with Crippen LogP contribution in [0, 0.1) is 0 Å². The SMILES string of the molecule is CC(C)c1ccc(NC(=O)Cn2cccc(S(=O)(=O)N3CCCC3)c2=O)cc1. The second-order valence-corrected chi connectivity index (χ2v) is 9.15. The zero-order valence-electron chi connectivity index (χ0n) is 16.1. The maximum Gasteiger partial charge on any atom is 0.271 e. The first-order valence-corrected chi connectivity index (χ1v) is 10.8. The summed E-state index contributed by atoms with van der Waals surface area (Å²) in [5, 5.41) is 2.74. The number of hydrogen-bond donors (Lipinski definition) is 1. The van der Waals surface area contributed by atoms with Gasteiger partial charge < -0.3 is 9.88 Å². The van der Waals surface area contributed by atoms with Gasteiger partial charge in [0.2, 0.25) is 15.9 Å². The lowest BCUT2D eigenvalue weighted by molar-refractivity contribution is -0.116. The number of nitrogens with zero attached hydrogens (tertiary/aromatic N) is 2. The van der Waals surface area contributed by atoms with Crippen molar-refractivity contribution in [3.05, 3.63) is 58.5 Å². The van der Waals surface area contributed by atoms with Crippen LogP contribution < -0.4 is 10.9 Å². The minimum Gasteiger partial charge on any atom is -0.325 e. The van der Waals surface area contributed by atoms with Gasteiger partial charge >= 0.3 is 0 Å². The first kappa shape index (κ1) is 20.3. The molecule has 28 heavy (non-hydrogen) atoms. The van der Waals surface area contributed by atoms with Gasteiger partial charge in [0.05, 0.1) is 0 Å². The molecule has 1 aliphatic rings. The first-order chi connectivity index (χ1) is 13.3. The van der Waals surface area contributed by atoms with Gasteiger partial charge in [0, 0.05) is 25.0 Å². The number of pyridine rings is 1. The Hall–Kier alpha value is -2.45. The molecule has 1 N–H and O–H groups in total. The molecule has 150 valence electrons. The van der Waals surface area contributed by atoms with E-state index in [0.717, 1.165) is 23.0 Å². The van der Waals surface area contributed by atoms with Gasteiger partial charge in [-0.05, 0) is 48.6 Å². The summed E-state index contributed by atoms with van der Waals surface area (Å²) in [7, 11) is -3.83. The van der Waals surface area contributed by atoms with Gasteiger partial charge in [0.1, 0.15) is 11.4 Å². The molecule has 0 spiro atoms. The van der Waals surface area contributed by atoms with Crippen molar-refractivity contribution in [1.82, 2.24) is 8.87 Å². The van der Waals surface area contributed by atoms with Crippen molar-refractivity contribution in [1.29, 1.82) is 0 Å². The molecule has 0 atom stereocenters. The summed E-state index contributed by atoms with van der Waals surface area (Å²) in [6.07, 6.45) is 3.00. The van der Waals surface area contributed by atoms with Gasteiger partial charge in [0.25, 0.3) is 5.56 Å². The van der Waals surface area contributed by atoms with Gasteiger partial charge in [-0.15, -0.1) is 0 Å². The number of anilines is 1. The molecule has 0 unspecified atom stereocenters. The van der Waals surface area contributed by atoms with Crippen molar-refractivity contribution >= 4 is 21.6 Å². The third-order valence-corrected chi connectivity index (χ3v) is 6.75. The molecule has 0 saturated carbocycles. The number of sulfonamides is 1. The van der Waals surface area contributed by atoms with E-state index in [0.29, 0.717) is 24.7 Å². The van der Waals surface area contributed by atoms with Gasteiger partial charge in [0.15, 0.2) is 0 Å². The monoisotopic (exact) mass is 403 g/mol. The molecule has 8 heteroatoms. The highest BCUT2D eigenvalue weighted by Crippen LogP contribution is 2.19. The summed E-state index contributed by atoms with van der Waals surface area (Å²) in [6.45, 7) is 4.76. The van der Waals surface area contributed by atoms with E-state index in [1.54, 1.807) is 0 Å². The standard InChI is InChI=1S/C20H25N3O4S/c1-15(2)16-7-9-17(10-8-16)21-19(24)14-22-11-5-6-18(20(22)25)28(26,27)23-12-3-4-13-23/h5-11,15H,3-4,12-14H2,1-2H3,(H,21,24). The van der Waals surface area contributed by atoms with Crippen LogP contribution in [-0.2, 0) is 21.4 Å². The average molecular weight is 404 g/mol. The van der Waals surface area contributed by atoms with Gasteiger partial charge in [-0.1, -0.05) is 26.0 Å². The molecule has 3 rings (SSSR count). The van der Waals surface area contributed by atoms with Crippen LogP contribution in [0.5, 0.6) is 0 Å².